The summed E-state index contributed by atoms with van der Waals surface area (Å²) in [5, 5.41) is 14.9. The Kier molecular flexibility index (Phi) is 2.94. The maximum Gasteiger partial charge on any atom is 0.0914 e. The van der Waals surface area contributed by atoms with E-state index in [2.05, 4.69) is 10.3 Å². The average molecular weight is 202 g/mol. The van der Waals surface area contributed by atoms with Crippen LogP contribution in [0, 0.1) is 0 Å². The van der Waals surface area contributed by atoms with Gasteiger partial charge in [-0.2, -0.15) is 0 Å². The Labute approximate surface area is 88.8 Å². The average Bonchev–Trinajstić information content (AvgIpc) is 2.29. The summed E-state index contributed by atoms with van der Waals surface area (Å²) in [5.41, 5.74) is 0.921. The molecule has 3 heteroatoms. The lowest BCUT2D eigenvalue weighted by atomic mass is 10.1. The molecule has 2 aromatic rings. The second-order valence-corrected chi connectivity index (χ2v) is 3.56. The van der Waals surface area contributed by atoms with Crippen LogP contribution in [0.15, 0.2) is 36.7 Å². The highest BCUT2D eigenvalue weighted by Crippen LogP contribution is 2.19. The van der Waals surface area contributed by atoms with Gasteiger partial charge in [0.1, 0.15) is 0 Å². The second kappa shape index (κ2) is 4.38. The number of fused-ring (bicyclic) bond motifs is 1. The molecular formula is C12H14N2O. The number of hydrogen-bond acceptors (Lipinski definition) is 3. The molecule has 2 rings (SSSR count). The maximum atomic E-state index is 9.80. The minimum absolute atomic E-state index is 0.459. The molecule has 78 valence electrons. The third kappa shape index (κ3) is 2.14. The molecule has 1 aromatic heterocycles. The van der Waals surface area contributed by atoms with Crippen LogP contribution < -0.4 is 5.32 Å². The SMILES string of the molecule is CNCC(O)c1ccc2ccncc2c1. The van der Waals surface area contributed by atoms with E-state index in [1.165, 1.54) is 0 Å². The summed E-state index contributed by atoms with van der Waals surface area (Å²) in [4.78, 5) is 4.06. The van der Waals surface area contributed by atoms with Gasteiger partial charge in [0, 0.05) is 24.3 Å². The van der Waals surface area contributed by atoms with Crippen LogP contribution in [0.25, 0.3) is 10.8 Å². The van der Waals surface area contributed by atoms with Crippen molar-refractivity contribution in [1.29, 1.82) is 0 Å². The molecule has 0 saturated carbocycles. The predicted molar refractivity (Wildman–Crippen MR) is 60.6 cm³/mol. The molecule has 0 aliphatic carbocycles. The van der Waals surface area contributed by atoms with E-state index >= 15 is 0 Å². The number of aromatic nitrogens is 1. The van der Waals surface area contributed by atoms with Crippen molar-refractivity contribution in [2.24, 2.45) is 0 Å². The first-order valence-corrected chi connectivity index (χ1v) is 4.97. The molecule has 1 atom stereocenters. The molecule has 3 nitrogen and oxygen atoms in total. The van der Waals surface area contributed by atoms with Crippen LogP contribution in [-0.2, 0) is 0 Å². The molecule has 1 aromatic carbocycles. The van der Waals surface area contributed by atoms with Crippen LogP contribution >= 0.6 is 0 Å². The lowest BCUT2D eigenvalue weighted by Gasteiger charge is -2.10. The Morgan fingerprint density at radius 3 is 3.00 bits per heavy atom. The Bertz CT molecular complexity index is 456. The molecule has 1 unspecified atom stereocenters. The van der Waals surface area contributed by atoms with E-state index in [-0.39, 0.29) is 0 Å². The molecule has 0 aliphatic rings. The second-order valence-electron chi connectivity index (χ2n) is 3.56. The van der Waals surface area contributed by atoms with Gasteiger partial charge in [0.15, 0.2) is 0 Å². The van der Waals surface area contributed by atoms with E-state index in [0.29, 0.717) is 6.54 Å². The standard InChI is InChI=1S/C12H14N2O/c1-13-8-12(15)10-3-2-9-4-5-14-7-11(9)6-10/h2-7,12-13,15H,8H2,1H3. The van der Waals surface area contributed by atoms with Gasteiger partial charge in [-0.05, 0) is 30.1 Å². The zero-order chi connectivity index (χ0) is 10.7. The molecule has 0 fully saturated rings. The molecule has 15 heavy (non-hydrogen) atoms. The van der Waals surface area contributed by atoms with Crippen molar-refractivity contribution in [2.75, 3.05) is 13.6 Å². The minimum Gasteiger partial charge on any atom is -0.387 e. The fraction of sp³-hybridized carbons (Fsp3) is 0.250. The molecule has 0 bridgehead atoms. The Morgan fingerprint density at radius 1 is 1.33 bits per heavy atom. The number of rotatable bonds is 3. The van der Waals surface area contributed by atoms with Gasteiger partial charge in [-0.3, -0.25) is 4.98 Å². The molecular weight excluding hydrogens is 188 g/mol. The van der Waals surface area contributed by atoms with Crippen LogP contribution in [0.2, 0.25) is 0 Å². The van der Waals surface area contributed by atoms with Crippen molar-refractivity contribution in [1.82, 2.24) is 10.3 Å². The summed E-state index contributed by atoms with van der Waals surface area (Å²) in [7, 11) is 1.83. The molecule has 1 heterocycles. The highest BCUT2D eigenvalue weighted by atomic mass is 16.3. The van der Waals surface area contributed by atoms with Gasteiger partial charge in [-0.25, -0.2) is 0 Å². The number of benzene rings is 1. The van der Waals surface area contributed by atoms with Crippen LogP contribution in [0.3, 0.4) is 0 Å². The molecule has 0 saturated heterocycles. The minimum atomic E-state index is -0.459. The summed E-state index contributed by atoms with van der Waals surface area (Å²) in [5.74, 6) is 0. The monoisotopic (exact) mass is 202 g/mol. The number of hydrogen-bond donors (Lipinski definition) is 2. The van der Waals surface area contributed by atoms with Crippen molar-refractivity contribution >= 4 is 10.8 Å². The van der Waals surface area contributed by atoms with Gasteiger partial charge < -0.3 is 10.4 Å². The summed E-state index contributed by atoms with van der Waals surface area (Å²) in [6.45, 7) is 0.561. The number of nitrogens with zero attached hydrogens (tertiary/aromatic N) is 1. The van der Waals surface area contributed by atoms with E-state index in [1.807, 2.05) is 37.5 Å². The summed E-state index contributed by atoms with van der Waals surface area (Å²) in [6, 6.07) is 7.89. The van der Waals surface area contributed by atoms with Gasteiger partial charge >= 0.3 is 0 Å². The van der Waals surface area contributed by atoms with Crippen molar-refractivity contribution in [3.05, 3.63) is 42.2 Å². The fourth-order valence-corrected chi connectivity index (χ4v) is 1.62. The van der Waals surface area contributed by atoms with E-state index < -0.39 is 6.10 Å². The molecule has 0 amide bonds. The maximum absolute atomic E-state index is 9.80. The summed E-state index contributed by atoms with van der Waals surface area (Å²) >= 11 is 0. The van der Waals surface area contributed by atoms with Gasteiger partial charge in [0.05, 0.1) is 6.10 Å². The first kappa shape index (κ1) is 10.1. The number of nitrogens with one attached hydrogen (secondary N) is 1. The van der Waals surface area contributed by atoms with Gasteiger partial charge in [-0.15, -0.1) is 0 Å². The molecule has 2 N–H and O–H groups in total. The van der Waals surface area contributed by atoms with E-state index in [4.69, 9.17) is 0 Å². The zero-order valence-electron chi connectivity index (χ0n) is 8.64. The van der Waals surface area contributed by atoms with Crippen molar-refractivity contribution in [3.8, 4) is 0 Å². The highest BCUT2D eigenvalue weighted by Gasteiger charge is 2.06. The topological polar surface area (TPSA) is 45.1 Å². The van der Waals surface area contributed by atoms with Crippen molar-refractivity contribution in [2.45, 2.75) is 6.10 Å². The number of likely N-dealkylation sites (N-methyl/N-ethyl adjacent to an activating group) is 1. The molecule has 0 aliphatic heterocycles. The largest absolute Gasteiger partial charge is 0.387 e. The first-order chi connectivity index (χ1) is 7.31. The smallest absolute Gasteiger partial charge is 0.0914 e. The van der Waals surface area contributed by atoms with Crippen molar-refractivity contribution in [3.63, 3.8) is 0 Å². The van der Waals surface area contributed by atoms with Crippen LogP contribution in [0.1, 0.15) is 11.7 Å². The van der Waals surface area contributed by atoms with E-state index in [0.717, 1.165) is 16.3 Å². The van der Waals surface area contributed by atoms with E-state index in [1.54, 1.807) is 6.20 Å². The predicted octanol–water partition coefficient (Wildman–Crippen LogP) is 1.49. The molecule has 0 spiro atoms. The van der Waals surface area contributed by atoms with Gasteiger partial charge in [0.2, 0.25) is 0 Å². The Hall–Kier alpha value is -1.45. The van der Waals surface area contributed by atoms with Gasteiger partial charge in [0.25, 0.3) is 0 Å². The number of pyridine rings is 1. The van der Waals surface area contributed by atoms with Crippen LogP contribution in [0.5, 0.6) is 0 Å². The zero-order valence-corrected chi connectivity index (χ0v) is 8.64. The lowest BCUT2D eigenvalue weighted by molar-refractivity contribution is 0.178. The first-order valence-electron chi connectivity index (χ1n) is 4.97. The fourth-order valence-electron chi connectivity index (χ4n) is 1.62. The van der Waals surface area contributed by atoms with Crippen LogP contribution in [0.4, 0.5) is 0 Å². The van der Waals surface area contributed by atoms with Gasteiger partial charge in [-0.1, -0.05) is 12.1 Å². The number of aliphatic hydroxyl groups excluding tert-OH is 1. The van der Waals surface area contributed by atoms with E-state index in [9.17, 15) is 5.11 Å². The molecule has 0 radical (unpaired) electrons. The Balaban J connectivity index is 2.38. The number of aliphatic hydroxyl groups is 1. The van der Waals surface area contributed by atoms with Crippen LogP contribution in [-0.4, -0.2) is 23.7 Å². The third-order valence-electron chi connectivity index (χ3n) is 2.45. The van der Waals surface area contributed by atoms with Crippen molar-refractivity contribution < 1.29 is 5.11 Å². The highest BCUT2D eigenvalue weighted by molar-refractivity contribution is 5.82. The summed E-state index contributed by atoms with van der Waals surface area (Å²) in [6.07, 6.45) is 3.12. The summed E-state index contributed by atoms with van der Waals surface area (Å²) < 4.78 is 0. The quantitative estimate of drug-likeness (QED) is 0.792. The Morgan fingerprint density at radius 2 is 2.20 bits per heavy atom. The third-order valence-corrected chi connectivity index (χ3v) is 2.45. The lowest BCUT2D eigenvalue weighted by Crippen LogP contribution is -2.16. The normalized spacial score (nSPS) is 12.9.